The van der Waals surface area contributed by atoms with Crippen LogP contribution in [0, 0.1) is 0 Å². The van der Waals surface area contributed by atoms with Gasteiger partial charge in [0.05, 0.1) is 18.2 Å². The molecule has 0 spiro atoms. The topological polar surface area (TPSA) is 121 Å². The highest BCUT2D eigenvalue weighted by Crippen LogP contribution is 2.13. The molecule has 2 aromatic heterocycles. The van der Waals surface area contributed by atoms with E-state index in [4.69, 9.17) is 4.52 Å². The molecule has 2 N–H and O–H groups in total. The maximum Gasteiger partial charge on any atom is 0.292 e. The van der Waals surface area contributed by atoms with E-state index in [1.807, 2.05) is 0 Å². The SMILES string of the molecule is O=C(Cc1cnccn1)NC1CCCCN(C(=O)c2cc(=O)[nH]o2)C1. The highest BCUT2D eigenvalue weighted by Gasteiger charge is 2.26. The monoisotopic (exact) mass is 345 g/mol. The van der Waals surface area contributed by atoms with Gasteiger partial charge in [-0.15, -0.1) is 0 Å². The van der Waals surface area contributed by atoms with Crippen molar-refractivity contribution in [2.75, 3.05) is 13.1 Å². The van der Waals surface area contributed by atoms with E-state index in [1.54, 1.807) is 23.5 Å². The number of likely N-dealkylation sites (tertiary alicyclic amines) is 1. The van der Waals surface area contributed by atoms with Crippen LogP contribution in [0.15, 0.2) is 34.0 Å². The van der Waals surface area contributed by atoms with Gasteiger partial charge in [0.25, 0.3) is 11.5 Å². The van der Waals surface area contributed by atoms with Crippen LogP contribution in [0.25, 0.3) is 0 Å². The Morgan fingerprint density at radius 2 is 2.24 bits per heavy atom. The van der Waals surface area contributed by atoms with Crippen molar-refractivity contribution in [2.45, 2.75) is 31.7 Å². The van der Waals surface area contributed by atoms with Crippen LogP contribution in [0.5, 0.6) is 0 Å². The molecule has 2 aromatic rings. The van der Waals surface area contributed by atoms with Gasteiger partial charge in [-0.05, 0) is 19.3 Å². The van der Waals surface area contributed by atoms with Crippen molar-refractivity contribution in [2.24, 2.45) is 0 Å². The van der Waals surface area contributed by atoms with Gasteiger partial charge in [-0.3, -0.25) is 24.4 Å². The first-order valence-corrected chi connectivity index (χ1v) is 8.14. The molecule has 132 valence electrons. The summed E-state index contributed by atoms with van der Waals surface area (Å²) in [4.78, 5) is 45.4. The Labute approximate surface area is 143 Å². The summed E-state index contributed by atoms with van der Waals surface area (Å²) in [6, 6.07) is 0.982. The molecule has 9 nitrogen and oxygen atoms in total. The number of amides is 2. The molecule has 0 bridgehead atoms. The summed E-state index contributed by atoms with van der Waals surface area (Å²) in [7, 11) is 0. The van der Waals surface area contributed by atoms with Crippen molar-refractivity contribution in [3.63, 3.8) is 0 Å². The third-order valence-corrected chi connectivity index (χ3v) is 4.02. The van der Waals surface area contributed by atoms with Gasteiger partial charge in [-0.1, -0.05) is 0 Å². The second-order valence-corrected chi connectivity index (χ2v) is 5.96. The van der Waals surface area contributed by atoms with Gasteiger partial charge in [0, 0.05) is 37.7 Å². The van der Waals surface area contributed by atoms with E-state index in [9.17, 15) is 14.4 Å². The second-order valence-electron chi connectivity index (χ2n) is 5.96. The minimum atomic E-state index is -0.452. The highest BCUT2D eigenvalue weighted by atomic mass is 16.5. The quantitative estimate of drug-likeness (QED) is 0.811. The van der Waals surface area contributed by atoms with Gasteiger partial charge in [-0.2, -0.15) is 5.16 Å². The van der Waals surface area contributed by atoms with Crippen LogP contribution in [0.4, 0.5) is 0 Å². The normalized spacial score (nSPS) is 17.8. The summed E-state index contributed by atoms with van der Waals surface area (Å²) in [5.41, 5.74) is 0.141. The van der Waals surface area contributed by atoms with Crippen molar-refractivity contribution < 1.29 is 14.1 Å². The number of rotatable bonds is 4. The molecule has 25 heavy (non-hydrogen) atoms. The molecule has 1 unspecified atom stereocenters. The zero-order chi connectivity index (χ0) is 17.6. The zero-order valence-electron chi connectivity index (χ0n) is 13.6. The Morgan fingerprint density at radius 3 is 2.96 bits per heavy atom. The van der Waals surface area contributed by atoms with E-state index < -0.39 is 5.56 Å². The summed E-state index contributed by atoms with van der Waals surface area (Å²) in [5.74, 6) is -0.530. The maximum absolute atomic E-state index is 12.4. The van der Waals surface area contributed by atoms with Crippen LogP contribution >= 0.6 is 0 Å². The van der Waals surface area contributed by atoms with E-state index in [0.29, 0.717) is 18.8 Å². The number of H-pyrrole nitrogens is 1. The first-order valence-electron chi connectivity index (χ1n) is 8.14. The number of nitrogens with one attached hydrogen (secondary N) is 2. The van der Waals surface area contributed by atoms with E-state index in [0.717, 1.165) is 25.3 Å². The number of carbonyl (C=O) groups is 2. The molecule has 3 rings (SSSR count). The Morgan fingerprint density at radius 1 is 1.36 bits per heavy atom. The predicted molar refractivity (Wildman–Crippen MR) is 86.7 cm³/mol. The Hall–Kier alpha value is -2.97. The molecule has 1 aliphatic rings. The minimum Gasteiger partial charge on any atom is -0.373 e. The molecule has 0 radical (unpaired) electrons. The van der Waals surface area contributed by atoms with Gasteiger partial charge in [0.1, 0.15) is 0 Å². The third-order valence-electron chi connectivity index (χ3n) is 4.02. The second kappa shape index (κ2) is 7.73. The first-order chi connectivity index (χ1) is 12.1. The predicted octanol–water partition coefficient (Wildman–Crippen LogP) is 0.111. The Balaban J connectivity index is 1.60. The summed E-state index contributed by atoms with van der Waals surface area (Å²) in [6.07, 6.45) is 7.30. The fraction of sp³-hybridized carbons (Fsp3) is 0.438. The number of carbonyl (C=O) groups excluding carboxylic acids is 2. The van der Waals surface area contributed by atoms with Crippen molar-refractivity contribution in [1.29, 1.82) is 0 Å². The van der Waals surface area contributed by atoms with Crippen molar-refractivity contribution in [3.05, 3.63) is 46.5 Å². The first kappa shape index (κ1) is 16.9. The molecule has 0 saturated carbocycles. The molecular formula is C16H19N5O4. The van der Waals surface area contributed by atoms with Gasteiger partial charge in [-0.25, -0.2) is 0 Å². The molecule has 9 heteroatoms. The highest BCUT2D eigenvalue weighted by molar-refractivity contribution is 5.91. The summed E-state index contributed by atoms with van der Waals surface area (Å²) >= 11 is 0. The number of aromatic nitrogens is 3. The Kier molecular flexibility index (Phi) is 5.22. The maximum atomic E-state index is 12.4. The Bertz CT molecular complexity index is 785. The molecule has 3 heterocycles. The number of hydrogen-bond acceptors (Lipinski definition) is 6. The van der Waals surface area contributed by atoms with Gasteiger partial charge in [0.2, 0.25) is 11.7 Å². The lowest BCUT2D eigenvalue weighted by Crippen LogP contribution is -2.45. The van der Waals surface area contributed by atoms with Crippen LogP contribution in [0.1, 0.15) is 35.5 Å². The van der Waals surface area contributed by atoms with Gasteiger partial charge < -0.3 is 14.7 Å². The fourth-order valence-corrected chi connectivity index (χ4v) is 2.85. The minimum absolute atomic E-state index is 0.0171. The summed E-state index contributed by atoms with van der Waals surface area (Å²) in [5, 5.41) is 5.06. The molecule has 1 atom stereocenters. The zero-order valence-corrected chi connectivity index (χ0v) is 13.6. The average Bonchev–Trinajstić information content (AvgIpc) is 2.90. The van der Waals surface area contributed by atoms with Crippen LogP contribution in [-0.2, 0) is 11.2 Å². The van der Waals surface area contributed by atoms with E-state index in [2.05, 4.69) is 20.4 Å². The molecule has 1 aliphatic heterocycles. The molecule has 0 aromatic carbocycles. The summed E-state index contributed by atoms with van der Waals surface area (Å²) in [6.45, 7) is 0.935. The van der Waals surface area contributed by atoms with Crippen LogP contribution < -0.4 is 10.9 Å². The fourth-order valence-electron chi connectivity index (χ4n) is 2.85. The smallest absolute Gasteiger partial charge is 0.292 e. The van der Waals surface area contributed by atoms with Crippen molar-refractivity contribution >= 4 is 11.8 Å². The molecule has 1 fully saturated rings. The molecular weight excluding hydrogens is 326 g/mol. The van der Waals surface area contributed by atoms with E-state index in [1.165, 1.54) is 0 Å². The number of nitrogens with zero attached hydrogens (tertiary/aromatic N) is 3. The van der Waals surface area contributed by atoms with Crippen LogP contribution in [-0.4, -0.2) is 51.0 Å². The van der Waals surface area contributed by atoms with E-state index >= 15 is 0 Å². The lowest BCUT2D eigenvalue weighted by atomic mass is 10.1. The van der Waals surface area contributed by atoms with Crippen LogP contribution in [0.3, 0.4) is 0 Å². The average molecular weight is 345 g/mol. The lowest BCUT2D eigenvalue weighted by Gasteiger charge is -2.24. The number of hydrogen-bond donors (Lipinski definition) is 2. The largest absolute Gasteiger partial charge is 0.373 e. The lowest BCUT2D eigenvalue weighted by molar-refractivity contribution is -0.121. The molecule has 2 amide bonds. The van der Waals surface area contributed by atoms with Crippen molar-refractivity contribution in [1.82, 2.24) is 25.3 Å². The molecule has 0 aliphatic carbocycles. The van der Waals surface area contributed by atoms with E-state index in [-0.39, 0.29) is 30.0 Å². The van der Waals surface area contributed by atoms with Gasteiger partial charge in [0.15, 0.2) is 0 Å². The third kappa shape index (κ3) is 4.52. The van der Waals surface area contributed by atoms with Crippen molar-refractivity contribution in [3.8, 4) is 0 Å². The standard InChI is InChI=1S/C16H19N5O4/c22-14(7-12-9-17-4-5-18-12)19-11-3-1-2-6-21(10-11)16(24)13-8-15(23)20-25-13/h4-5,8-9,11H,1-3,6-7,10H2,(H,19,22)(H,20,23). The van der Waals surface area contributed by atoms with Crippen LogP contribution in [0.2, 0.25) is 0 Å². The summed E-state index contributed by atoms with van der Waals surface area (Å²) < 4.78 is 4.88. The number of aromatic amines is 1. The van der Waals surface area contributed by atoms with Gasteiger partial charge >= 0.3 is 0 Å². The molecule has 1 saturated heterocycles.